The third kappa shape index (κ3) is 1.37. The number of hydrogen-bond donors (Lipinski definition) is 1. The van der Waals surface area contributed by atoms with Crippen LogP contribution in [0.15, 0.2) is 4.79 Å². The van der Waals surface area contributed by atoms with Gasteiger partial charge in [0.15, 0.2) is 0 Å². The second-order valence-corrected chi connectivity index (χ2v) is 3.77. The number of aliphatic hydroxyl groups excluding tert-OH is 1. The van der Waals surface area contributed by atoms with Crippen molar-refractivity contribution in [3.05, 3.63) is 16.3 Å². The first-order chi connectivity index (χ1) is 6.74. The van der Waals surface area contributed by atoms with E-state index in [1.54, 1.807) is 11.6 Å². The molecule has 14 heavy (non-hydrogen) atoms. The fourth-order valence-corrected chi connectivity index (χ4v) is 1.77. The van der Waals surface area contributed by atoms with Gasteiger partial charge in [-0.25, -0.2) is 9.48 Å². The summed E-state index contributed by atoms with van der Waals surface area (Å²) in [5, 5.41) is 13.0. The Kier molecular flexibility index (Phi) is 2.41. The Morgan fingerprint density at radius 2 is 2.29 bits per heavy atom. The minimum absolute atomic E-state index is 0.0406. The molecule has 0 aromatic carbocycles. The van der Waals surface area contributed by atoms with Crippen LogP contribution in [0, 0.1) is 0 Å². The van der Waals surface area contributed by atoms with Crippen molar-refractivity contribution in [3.8, 4) is 0 Å². The molecule has 1 aliphatic rings. The molecule has 0 amide bonds. The van der Waals surface area contributed by atoms with Gasteiger partial charge in [-0.2, -0.15) is 5.10 Å². The van der Waals surface area contributed by atoms with Crippen molar-refractivity contribution in [3.63, 3.8) is 0 Å². The normalized spacial score (nSPS) is 17.0. The summed E-state index contributed by atoms with van der Waals surface area (Å²) >= 11 is 0. The van der Waals surface area contributed by atoms with Gasteiger partial charge in [-0.15, -0.1) is 0 Å². The van der Waals surface area contributed by atoms with Crippen LogP contribution in [0.4, 0.5) is 0 Å². The van der Waals surface area contributed by atoms with Crippen LogP contribution in [0.3, 0.4) is 0 Å². The van der Waals surface area contributed by atoms with Gasteiger partial charge in [-0.3, -0.25) is 4.57 Å². The fourth-order valence-electron chi connectivity index (χ4n) is 1.77. The molecule has 1 N–H and O–H groups in total. The largest absolute Gasteiger partial charge is 0.394 e. The molecule has 1 aliphatic carbocycles. The van der Waals surface area contributed by atoms with Gasteiger partial charge in [0.1, 0.15) is 5.82 Å². The molecule has 1 aromatic heterocycles. The van der Waals surface area contributed by atoms with E-state index in [9.17, 15) is 4.79 Å². The summed E-state index contributed by atoms with van der Waals surface area (Å²) in [6, 6.07) is 0. The van der Waals surface area contributed by atoms with Crippen molar-refractivity contribution in [2.45, 2.75) is 31.7 Å². The van der Waals surface area contributed by atoms with E-state index in [1.165, 1.54) is 11.1 Å². The Labute approximate surface area is 82.0 Å². The molecule has 78 valence electrons. The Balaban J connectivity index is 2.31. The van der Waals surface area contributed by atoms with Gasteiger partial charge in [0.2, 0.25) is 0 Å². The summed E-state index contributed by atoms with van der Waals surface area (Å²) in [7, 11) is 1.75. The minimum Gasteiger partial charge on any atom is -0.394 e. The van der Waals surface area contributed by atoms with Gasteiger partial charge in [0.05, 0.1) is 13.2 Å². The first-order valence-corrected chi connectivity index (χ1v) is 4.98. The smallest absolute Gasteiger partial charge is 0.345 e. The molecular formula is C9H15N3O2. The maximum atomic E-state index is 11.6. The lowest BCUT2D eigenvalue weighted by atomic mass is 9.85. The average Bonchev–Trinajstić information content (AvgIpc) is 2.32. The summed E-state index contributed by atoms with van der Waals surface area (Å²) < 4.78 is 2.94. The zero-order chi connectivity index (χ0) is 10.1. The maximum absolute atomic E-state index is 11.6. The summed E-state index contributed by atoms with van der Waals surface area (Å²) in [6.45, 7) is 0.250. The van der Waals surface area contributed by atoms with Crippen LogP contribution >= 0.6 is 0 Å². The van der Waals surface area contributed by atoms with Crippen molar-refractivity contribution >= 4 is 0 Å². The SMILES string of the molecule is Cn1c(C2CCC2)nn(CCO)c1=O. The average molecular weight is 197 g/mol. The molecule has 1 heterocycles. The van der Waals surface area contributed by atoms with Crippen molar-refractivity contribution in [2.75, 3.05) is 6.61 Å². The molecule has 0 bridgehead atoms. The second-order valence-electron chi connectivity index (χ2n) is 3.77. The fraction of sp³-hybridized carbons (Fsp3) is 0.778. The zero-order valence-electron chi connectivity index (χ0n) is 8.31. The van der Waals surface area contributed by atoms with E-state index < -0.39 is 0 Å². The van der Waals surface area contributed by atoms with Gasteiger partial charge in [0.25, 0.3) is 0 Å². The maximum Gasteiger partial charge on any atom is 0.345 e. The van der Waals surface area contributed by atoms with Crippen LogP contribution in [0.2, 0.25) is 0 Å². The first kappa shape index (κ1) is 9.45. The second kappa shape index (κ2) is 3.57. The zero-order valence-corrected chi connectivity index (χ0v) is 8.31. The number of nitrogens with zero attached hydrogens (tertiary/aromatic N) is 3. The quantitative estimate of drug-likeness (QED) is 0.732. The van der Waals surface area contributed by atoms with Gasteiger partial charge in [-0.1, -0.05) is 6.42 Å². The summed E-state index contributed by atoms with van der Waals surface area (Å²) in [6.07, 6.45) is 3.48. The number of rotatable bonds is 3. The van der Waals surface area contributed by atoms with Crippen molar-refractivity contribution in [1.29, 1.82) is 0 Å². The molecule has 1 saturated carbocycles. The number of aromatic nitrogens is 3. The molecule has 0 saturated heterocycles. The highest BCUT2D eigenvalue weighted by Crippen LogP contribution is 2.34. The molecule has 2 rings (SSSR count). The number of hydrogen-bond acceptors (Lipinski definition) is 3. The van der Waals surface area contributed by atoms with E-state index in [1.807, 2.05) is 0 Å². The summed E-state index contributed by atoms with van der Waals surface area (Å²) in [5.41, 5.74) is -0.124. The molecule has 0 atom stereocenters. The molecule has 5 heteroatoms. The molecular weight excluding hydrogens is 182 g/mol. The monoisotopic (exact) mass is 197 g/mol. The molecule has 5 nitrogen and oxygen atoms in total. The minimum atomic E-state index is -0.124. The van der Waals surface area contributed by atoms with Crippen LogP contribution in [-0.4, -0.2) is 26.1 Å². The van der Waals surface area contributed by atoms with E-state index in [4.69, 9.17) is 5.11 Å². The van der Waals surface area contributed by atoms with E-state index in [2.05, 4.69) is 5.10 Å². The Bertz CT molecular complexity index is 376. The summed E-state index contributed by atoms with van der Waals surface area (Å²) in [4.78, 5) is 11.6. The third-order valence-electron chi connectivity index (χ3n) is 2.86. The highest BCUT2D eigenvalue weighted by molar-refractivity contribution is 5.00. The molecule has 1 fully saturated rings. The lowest BCUT2D eigenvalue weighted by Crippen LogP contribution is -2.25. The van der Waals surface area contributed by atoms with Crippen molar-refractivity contribution in [2.24, 2.45) is 7.05 Å². The van der Waals surface area contributed by atoms with Crippen molar-refractivity contribution in [1.82, 2.24) is 14.3 Å². The Hall–Kier alpha value is -1.10. The molecule has 1 aromatic rings. The van der Waals surface area contributed by atoms with Crippen LogP contribution < -0.4 is 5.69 Å². The Morgan fingerprint density at radius 3 is 2.79 bits per heavy atom. The lowest BCUT2D eigenvalue weighted by Gasteiger charge is -2.23. The molecule has 0 radical (unpaired) electrons. The van der Waals surface area contributed by atoms with Crippen LogP contribution in [0.1, 0.15) is 31.0 Å². The number of aliphatic hydroxyl groups is 1. The van der Waals surface area contributed by atoms with Gasteiger partial charge < -0.3 is 5.11 Å². The van der Waals surface area contributed by atoms with Crippen molar-refractivity contribution < 1.29 is 5.11 Å². The van der Waals surface area contributed by atoms with Crippen LogP contribution in [0.5, 0.6) is 0 Å². The van der Waals surface area contributed by atoms with Gasteiger partial charge >= 0.3 is 5.69 Å². The predicted octanol–water partition coefficient (Wildman–Crippen LogP) is -0.158. The van der Waals surface area contributed by atoms with E-state index in [0.29, 0.717) is 12.5 Å². The van der Waals surface area contributed by atoms with Crippen LogP contribution in [0.25, 0.3) is 0 Å². The topological polar surface area (TPSA) is 60.1 Å². The highest BCUT2D eigenvalue weighted by Gasteiger charge is 2.25. The lowest BCUT2D eigenvalue weighted by molar-refractivity contribution is 0.266. The molecule has 0 spiro atoms. The molecule has 0 aliphatic heterocycles. The van der Waals surface area contributed by atoms with E-state index in [0.717, 1.165) is 18.7 Å². The van der Waals surface area contributed by atoms with Gasteiger partial charge in [0, 0.05) is 13.0 Å². The van der Waals surface area contributed by atoms with E-state index >= 15 is 0 Å². The Morgan fingerprint density at radius 1 is 1.57 bits per heavy atom. The summed E-state index contributed by atoms with van der Waals surface area (Å²) in [5.74, 6) is 1.32. The first-order valence-electron chi connectivity index (χ1n) is 4.98. The standard InChI is InChI=1S/C9H15N3O2/c1-11-8(7-3-2-4-7)10-12(5-6-13)9(11)14/h7,13H,2-6H2,1H3. The molecule has 0 unspecified atom stereocenters. The predicted molar refractivity (Wildman–Crippen MR) is 51.1 cm³/mol. The highest BCUT2D eigenvalue weighted by atomic mass is 16.3. The van der Waals surface area contributed by atoms with Crippen LogP contribution in [-0.2, 0) is 13.6 Å². The van der Waals surface area contributed by atoms with Gasteiger partial charge in [-0.05, 0) is 12.8 Å². The third-order valence-corrected chi connectivity index (χ3v) is 2.86. The van der Waals surface area contributed by atoms with E-state index in [-0.39, 0.29) is 12.3 Å².